The molecule has 0 radical (unpaired) electrons. The minimum atomic E-state index is -0.976. The Labute approximate surface area is 122 Å². The lowest BCUT2D eigenvalue weighted by Gasteiger charge is -2.40. The van der Waals surface area contributed by atoms with Gasteiger partial charge in [0.1, 0.15) is 5.52 Å². The van der Waals surface area contributed by atoms with Crippen LogP contribution < -0.4 is 4.90 Å². The number of aromatic nitrogens is 1. The van der Waals surface area contributed by atoms with Crippen LogP contribution in [0, 0.1) is 0 Å². The molecule has 0 amide bonds. The average Bonchev–Trinajstić information content (AvgIpc) is 2.78. The van der Waals surface area contributed by atoms with Crippen LogP contribution in [0.2, 0.25) is 0 Å². The van der Waals surface area contributed by atoms with Gasteiger partial charge in [-0.15, -0.1) is 0 Å². The predicted octanol–water partition coefficient (Wildman–Crippen LogP) is 2.53. The number of anilines is 1. The molecule has 0 bridgehead atoms. The Morgan fingerprint density at radius 2 is 2.24 bits per heavy atom. The summed E-state index contributed by atoms with van der Waals surface area (Å²) in [6, 6.07) is 5.21. The molecule has 0 saturated carbocycles. The topological polar surface area (TPSA) is 75.8 Å². The number of hydrogen-bond acceptors (Lipinski definition) is 5. The van der Waals surface area contributed by atoms with E-state index in [2.05, 4.69) is 4.98 Å². The molecular weight excluding hydrogens is 272 g/mol. The molecule has 0 spiro atoms. The number of carbonyl (C=O) groups is 1. The van der Waals surface area contributed by atoms with Crippen LogP contribution in [0.4, 0.5) is 6.01 Å². The van der Waals surface area contributed by atoms with E-state index in [4.69, 9.17) is 14.3 Å². The van der Waals surface area contributed by atoms with E-state index in [0.29, 0.717) is 30.2 Å². The highest BCUT2D eigenvalue weighted by atomic mass is 16.5. The van der Waals surface area contributed by atoms with Crippen molar-refractivity contribution in [1.82, 2.24) is 4.98 Å². The second-order valence-corrected chi connectivity index (χ2v) is 6.05. The second kappa shape index (κ2) is 4.73. The van der Waals surface area contributed by atoms with Crippen molar-refractivity contribution in [2.45, 2.75) is 32.5 Å². The van der Waals surface area contributed by atoms with Crippen LogP contribution in [0.25, 0.3) is 11.1 Å². The first kappa shape index (κ1) is 13.9. The number of hydrogen-bond donors (Lipinski definition) is 1. The first-order chi connectivity index (χ1) is 9.84. The fraction of sp³-hybridized carbons (Fsp3) is 0.467. The van der Waals surface area contributed by atoms with Crippen LogP contribution in [-0.2, 0) is 4.74 Å². The van der Waals surface area contributed by atoms with E-state index in [1.54, 1.807) is 6.07 Å². The maximum atomic E-state index is 11.0. The molecule has 6 nitrogen and oxygen atoms in total. The van der Waals surface area contributed by atoms with Crippen molar-refractivity contribution in [3.63, 3.8) is 0 Å². The number of carboxylic acids is 1. The van der Waals surface area contributed by atoms with Gasteiger partial charge in [-0.25, -0.2) is 4.79 Å². The summed E-state index contributed by atoms with van der Waals surface area (Å²) in [4.78, 5) is 17.5. The lowest BCUT2D eigenvalue weighted by atomic mass is 10.1. The van der Waals surface area contributed by atoms with Crippen LogP contribution in [0.5, 0.6) is 0 Å². The highest BCUT2D eigenvalue weighted by Gasteiger charge is 2.33. The number of aromatic carboxylic acids is 1. The molecule has 1 aromatic heterocycles. The van der Waals surface area contributed by atoms with Gasteiger partial charge in [0.2, 0.25) is 0 Å². The predicted molar refractivity (Wildman–Crippen MR) is 77.8 cm³/mol. The molecule has 1 atom stereocenters. The van der Waals surface area contributed by atoms with Crippen molar-refractivity contribution >= 4 is 23.1 Å². The van der Waals surface area contributed by atoms with E-state index in [1.165, 1.54) is 12.1 Å². The fourth-order valence-corrected chi connectivity index (χ4v) is 2.78. The molecule has 6 heteroatoms. The van der Waals surface area contributed by atoms with Crippen molar-refractivity contribution in [1.29, 1.82) is 0 Å². The first-order valence-electron chi connectivity index (χ1n) is 6.91. The molecule has 1 N–H and O–H groups in total. The summed E-state index contributed by atoms with van der Waals surface area (Å²) in [6.45, 7) is 7.44. The third-order valence-electron chi connectivity index (χ3n) is 3.46. The van der Waals surface area contributed by atoms with Gasteiger partial charge < -0.3 is 19.2 Å². The van der Waals surface area contributed by atoms with Gasteiger partial charge in [-0.1, -0.05) is 0 Å². The monoisotopic (exact) mass is 290 g/mol. The lowest BCUT2D eigenvalue weighted by molar-refractivity contribution is -0.0760. The highest BCUT2D eigenvalue weighted by Crippen LogP contribution is 2.28. The molecule has 1 fully saturated rings. The van der Waals surface area contributed by atoms with Gasteiger partial charge in [0.05, 0.1) is 23.8 Å². The number of fused-ring (bicyclic) bond motifs is 1. The lowest BCUT2D eigenvalue weighted by Crippen LogP contribution is -2.52. The Bertz CT molecular complexity index is 692. The summed E-state index contributed by atoms with van der Waals surface area (Å²) < 4.78 is 11.6. The van der Waals surface area contributed by atoms with Gasteiger partial charge in [0.25, 0.3) is 6.01 Å². The van der Waals surface area contributed by atoms with Gasteiger partial charge in [-0.3, -0.25) is 0 Å². The average molecular weight is 290 g/mol. The minimum absolute atomic E-state index is 0.0818. The van der Waals surface area contributed by atoms with E-state index >= 15 is 0 Å². The SMILES string of the molecule is CC1CN(c2nc3ccc(C(=O)O)cc3o2)CC(C)(C)O1. The maximum absolute atomic E-state index is 11.0. The largest absolute Gasteiger partial charge is 0.478 e. The normalized spacial score (nSPS) is 21.7. The minimum Gasteiger partial charge on any atom is -0.478 e. The summed E-state index contributed by atoms with van der Waals surface area (Å²) >= 11 is 0. The van der Waals surface area contributed by atoms with Crippen molar-refractivity contribution in [3.8, 4) is 0 Å². The molecule has 2 heterocycles. The Morgan fingerprint density at radius 1 is 1.48 bits per heavy atom. The number of oxazole rings is 1. The molecule has 1 aliphatic heterocycles. The fourth-order valence-electron chi connectivity index (χ4n) is 2.78. The maximum Gasteiger partial charge on any atom is 0.335 e. The molecule has 21 heavy (non-hydrogen) atoms. The Balaban J connectivity index is 1.95. The number of nitrogens with zero attached hydrogens (tertiary/aromatic N) is 2. The van der Waals surface area contributed by atoms with Crippen LogP contribution in [0.1, 0.15) is 31.1 Å². The van der Waals surface area contributed by atoms with Crippen LogP contribution in [0.3, 0.4) is 0 Å². The molecule has 1 aromatic carbocycles. The third kappa shape index (κ3) is 2.71. The molecule has 112 valence electrons. The van der Waals surface area contributed by atoms with Gasteiger partial charge in [-0.05, 0) is 39.0 Å². The second-order valence-electron chi connectivity index (χ2n) is 6.05. The van der Waals surface area contributed by atoms with Crippen molar-refractivity contribution in [2.75, 3.05) is 18.0 Å². The van der Waals surface area contributed by atoms with Gasteiger partial charge in [-0.2, -0.15) is 4.98 Å². The summed E-state index contributed by atoms with van der Waals surface area (Å²) in [5.41, 5.74) is 1.07. The number of benzene rings is 1. The molecule has 2 aromatic rings. The third-order valence-corrected chi connectivity index (χ3v) is 3.46. The number of carboxylic acid groups (broad SMARTS) is 1. The van der Waals surface area contributed by atoms with Gasteiger partial charge in [0.15, 0.2) is 5.58 Å². The van der Waals surface area contributed by atoms with Crippen molar-refractivity contribution < 1.29 is 19.1 Å². The summed E-state index contributed by atoms with van der Waals surface area (Å²) in [5, 5.41) is 9.01. The van der Waals surface area contributed by atoms with E-state index in [0.717, 1.165) is 0 Å². The molecule has 1 aliphatic rings. The van der Waals surface area contributed by atoms with Gasteiger partial charge >= 0.3 is 5.97 Å². The zero-order chi connectivity index (χ0) is 15.2. The number of ether oxygens (including phenoxy) is 1. The summed E-state index contributed by atoms with van der Waals surface area (Å²) in [6.07, 6.45) is 0.0818. The van der Waals surface area contributed by atoms with Crippen molar-refractivity contribution in [3.05, 3.63) is 23.8 Å². The van der Waals surface area contributed by atoms with E-state index < -0.39 is 5.97 Å². The van der Waals surface area contributed by atoms with E-state index in [1.807, 2.05) is 25.7 Å². The zero-order valence-electron chi connectivity index (χ0n) is 12.3. The Kier molecular flexibility index (Phi) is 3.13. The Morgan fingerprint density at radius 3 is 2.90 bits per heavy atom. The summed E-state index contributed by atoms with van der Waals surface area (Å²) in [7, 11) is 0. The van der Waals surface area contributed by atoms with E-state index in [-0.39, 0.29) is 17.3 Å². The summed E-state index contributed by atoms with van der Waals surface area (Å²) in [5.74, 6) is -0.976. The molecule has 1 saturated heterocycles. The quantitative estimate of drug-likeness (QED) is 0.916. The Hall–Kier alpha value is -2.08. The smallest absolute Gasteiger partial charge is 0.335 e. The first-order valence-corrected chi connectivity index (χ1v) is 6.91. The zero-order valence-corrected chi connectivity index (χ0v) is 12.3. The standard InChI is InChI=1S/C15H18N2O4/c1-9-7-17(8-15(2,3)21-9)14-16-11-5-4-10(13(18)19)6-12(11)20-14/h4-6,9H,7-8H2,1-3H3,(H,18,19). The van der Waals surface area contributed by atoms with Crippen molar-refractivity contribution in [2.24, 2.45) is 0 Å². The molecular formula is C15H18N2O4. The molecule has 1 unspecified atom stereocenters. The van der Waals surface area contributed by atoms with E-state index in [9.17, 15) is 4.79 Å². The van der Waals surface area contributed by atoms with Crippen LogP contribution in [-0.4, -0.2) is 40.9 Å². The van der Waals surface area contributed by atoms with Gasteiger partial charge in [0, 0.05) is 6.54 Å². The number of rotatable bonds is 2. The number of morpholine rings is 1. The molecule has 3 rings (SSSR count). The van der Waals surface area contributed by atoms with Crippen LogP contribution >= 0.6 is 0 Å². The van der Waals surface area contributed by atoms with Crippen LogP contribution in [0.15, 0.2) is 22.6 Å². The molecule has 0 aliphatic carbocycles. The highest BCUT2D eigenvalue weighted by molar-refractivity contribution is 5.92.